The Morgan fingerprint density at radius 2 is 1.95 bits per heavy atom. The fraction of sp³-hybridized carbons (Fsp3) is 0.0769. The van der Waals surface area contributed by atoms with Gasteiger partial charge in [-0.2, -0.15) is 13.2 Å². The molecule has 20 heavy (non-hydrogen) atoms. The molecule has 1 aromatic heterocycles. The molecule has 7 heteroatoms. The smallest absolute Gasteiger partial charge is 0.416 e. The van der Waals surface area contributed by atoms with E-state index in [9.17, 15) is 18.0 Å². The van der Waals surface area contributed by atoms with Crippen LogP contribution in [0.5, 0.6) is 0 Å². The van der Waals surface area contributed by atoms with Gasteiger partial charge in [-0.05, 0) is 30.3 Å². The van der Waals surface area contributed by atoms with Crippen LogP contribution in [0.25, 0.3) is 0 Å². The van der Waals surface area contributed by atoms with Crippen molar-refractivity contribution in [2.75, 3.05) is 5.32 Å². The molecule has 0 saturated carbocycles. The molecule has 0 aliphatic carbocycles. The van der Waals surface area contributed by atoms with E-state index in [0.29, 0.717) is 0 Å². The molecule has 0 saturated heterocycles. The van der Waals surface area contributed by atoms with Crippen LogP contribution in [-0.4, -0.2) is 16.1 Å². The van der Waals surface area contributed by atoms with E-state index in [1.807, 2.05) is 0 Å². The van der Waals surface area contributed by atoms with Crippen molar-refractivity contribution in [3.8, 4) is 0 Å². The van der Waals surface area contributed by atoms with Gasteiger partial charge in [-0.15, -0.1) is 0 Å². The maximum Gasteiger partial charge on any atom is 0.416 e. The molecule has 0 aliphatic heterocycles. The topological polar surface area (TPSA) is 62.2 Å². The van der Waals surface area contributed by atoms with E-state index >= 15 is 0 Å². The summed E-state index contributed by atoms with van der Waals surface area (Å²) in [7, 11) is 0. The summed E-state index contributed by atoms with van der Waals surface area (Å²) in [5.74, 6) is -0.863. The summed E-state index contributed by atoms with van der Waals surface area (Å²) in [4.78, 5) is 14.5. The second kappa shape index (κ2) is 5.20. The van der Waals surface area contributed by atoms with Gasteiger partial charge in [0.2, 0.25) is 0 Å². The molecule has 0 unspecified atom stereocenters. The zero-order valence-corrected chi connectivity index (χ0v) is 9.98. The number of nitrogens with zero attached hydrogens (tertiary/aromatic N) is 1. The van der Waals surface area contributed by atoms with E-state index in [-0.39, 0.29) is 17.1 Å². The number of pyridine rings is 1. The van der Waals surface area contributed by atoms with Gasteiger partial charge >= 0.3 is 12.1 Å². The molecule has 0 aliphatic rings. The molecular formula is C13H9F3N2O2. The summed E-state index contributed by atoms with van der Waals surface area (Å²) in [6, 6.07) is 7.34. The minimum Gasteiger partial charge on any atom is -0.478 e. The molecule has 0 atom stereocenters. The predicted molar refractivity (Wildman–Crippen MR) is 65.9 cm³/mol. The second-order valence-electron chi connectivity index (χ2n) is 3.94. The lowest BCUT2D eigenvalue weighted by molar-refractivity contribution is -0.137. The SMILES string of the molecule is O=C(O)c1ccc(Nc2cccc(C(F)(F)F)c2)nc1. The van der Waals surface area contributed by atoms with Crippen molar-refractivity contribution in [1.82, 2.24) is 4.98 Å². The average molecular weight is 282 g/mol. The lowest BCUT2D eigenvalue weighted by atomic mass is 10.2. The maximum absolute atomic E-state index is 12.5. The molecule has 0 fully saturated rings. The number of carboxylic acids is 1. The Balaban J connectivity index is 2.20. The van der Waals surface area contributed by atoms with Crippen LogP contribution in [-0.2, 0) is 6.18 Å². The van der Waals surface area contributed by atoms with E-state index in [1.165, 1.54) is 24.3 Å². The maximum atomic E-state index is 12.5. The molecule has 0 amide bonds. The van der Waals surface area contributed by atoms with Crippen LogP contribution >= 0.6 is 0 Å². The number of alkyl halides is 3. The Kier molecular flexibility index (Phi) is 3.60. The lowest BCUT2D eigenvalue weighted by Crippen LogP contribution is -2.05. The summed E-state index contributed by atoms with van der Waals surface area (Å²) >= 11 is 0. The van der Waals surface area contributed by atoms with Gasteiger partial charge in [0.25, 0.3) is 0 Å². The van der Waals surface area contributed by atoms with Crippen LogP contribution in [0.2, 0.25) is 0 Å². The number of carboxylic acid groups (broad SMARTS) is 1. The summed E-state index contributed by atoms with van der Waals surface area (Å²) in [6.45, 7) is 0. The number of nitrogens with one attached hydrogen (secondary N) is 1. The molecule has 2 rings (SSSR count). The Bertz CT molecular complexity index is 624. The number of aromatic carboxylic acids is 1. The normalized spacial score (nSPS) is 11.2. The van der Waals surface area contributed by atoms with E-state index in [0.717, 1.165) is 18.3 Å². The van der Waals surface area contributed by atoms with E-state index in [2.05, 4.69) is 10.3 Å². The zero-order chi connectivity index (χ0) is 14.8. The van der Waals surface area contributed by atoms with Gasteiger partial charge in [-0.25, -0.2) is 9.78 Å². The van der Waals surface area contributed by atoms with Crippen molar-refractivity contribution >= 4 is 17.5 Å². The summed E-state index contributed by atoms with van der Waals surface area (Å²) in [5, 5.41) is 11.4. The molecule has 2 N–H and O–H groups in total. The number of aromatic nitrogens is 1. The third-order valence-corrected chi connectivity index (χ3v) is 2.47. The average Bonchev–Trinajstić information content (AvgIpc) is 2.38. The number of hydrogen-bond acceptors (Lipinski definition) is 3. The summed E-state index contributed by atoms with van der Waals surface area (Å²) < 4.78 is 37.6. The van der Waals surface area contributed by atoms with Crippen LogP contribution < -0.4 is 5.32 Å². The van der Waals surface area contributed by atoms with Gasteiger partial charge in [0.15, 0.2) is 0 Å². The molecule has 4 nitrogen and oxygen atoms in total. The monoisotopic (exact) mass is 282 g/mol. The van der Waals surface area contributed by atoms with Crippen LogP contribution in [0.15, 0.2) is 42.6 Å². The highest BCUT2D eigenvalue weighted by molar-refractivity contribution is 5.87. The highest BCUT2D eigenvalue weighted by atomic mass is 19.4. The van der Waals surface area contributed by atoms with Crippen LogP contribution in [0, 0.1) is 0 Å². The quantitative estimate of drug-likeness (QED) is 0.903. The molecular weight excluding hydrogens is 273 g/mol. The van der Waals surface area contributed by atoms with Gasteiger partial charge in [-0.3, -0.25) is 0 Å². The highest BCUT2D eigenvalue weighted by Crippen LogP contribution is 2.31. The molecule has 1 heterocycles. The number of halogens is 3. The molecule has 104 valence electrons. The Hall–Kier alpha value is -2.57. The van der Waals surface area contributed by atoms with Gasteiger partial charge in [0.05, 0.1) is 11.1 Å². The largest absolute Gasteiger partial charge is 0.478 e. The Morgan fingerprint density at radius 1 is 1.20 bits per heavy atom. The predicted octanol–water partition coefficient (Wildman–Crippen LogP) is 3.54. The highest BCUT2D eigenvalue weighted by Gasteiger charge is 2.30. The summed E-state index contributed by atoms with van der Waals surface area (Å²) in [5.41, 5.74) is -0.556. The number of anilines is 2. The second-order valence-corrected chi connectivity index (χ2v) is 3.94. The van der Waals surface area contributed by atoms with Gasteiger partial charge in [0.1, 0.15) is 5.82 Å². The zero-order valence-electron chi connectivity index (χ0n) is 9.98. The number of benzene rings is 1. The van der Waals surface area contributed by atoms with Crippen molar-refractivity contribution in [2.45, 2.75) is 6.18 Å². The first-order chi connectivity index (χ1) is 9.36. The van der Waals surface area contributed by atoms with Gasteiger partial charge in [-0.1, -0.05) is 6.07 Å². The standard InChI is InChI=1S/C13H9F3N2O2/c14-13(15,16)9-2-1-3-10(6-9)18-11-5-4-8(7-17-11)12(19)20/h1-7H,(H,17,18)(H,19,20). The van der Waals surface area contributed by atoms with Crippen molar-refractivity contribution in [3.63, 3.8) is 0 Å². The number of carbonyl (C=O) groups is 1. The first-order valence-electron chi connectivity index (χ1n) is 5.50. The Labute approximate surface area is 111 Å². The first kappa shape index (κ1) is 13.9. The number of rotatable bonds is 3. The molecule has 0 radical (unpaired) electrons. The van der Waals surface area contributed by atoms with Crippen molar-refractivity contribution in [2.24, 2.45) is 0 Å². The van der Waals surface area contributed by atoms with E-state index < -0.39 is 17.7 Å². The van der Waals surface area contributed by atoms with Crippen LogP contribution in [0.3, 0.4) is 0 Å². The van der Waals surface area contributed by atoms with Crippen LogP contribution in [0.4, 0.5) is 24.7 Å². The summed E-state index contributed by atoms with van der Waals surface area (Å²) in [6.07, 6.45) is -3.30. The van der Waals surface area contributed by atoms with Gasteiger partial charge in [0, 0.05) is 11.9 Å². The molecule has 2 aromatic rings. The van der Waals surface area contributed by atoms with Crippen molar-refractivity contribution < 1.29 is 23.1 Å². The lowest BCUT2D eigenvalue weighted by Gasteiger charge is -2.10. The van der Waals surface area contributed by atoms with Crippen LogP contribution in [0.1, 0.15) is 15.9 Å². The number of hydrogen-bond donors (Lipinski definition) is 2. The van der Waals surface area contributed by atoms with Crippen molar-refractivity contribution in [1.29, 1.82) is 0 Å². The fourth-order valence-corrected chi connectivity index (χ4v) is 1.52. The molecule has 0 bridgehead atoms. The van der Waals surface area contributed by atoms with Crippen molar-refractivity contribution in [3.05, 3.63) is 53.7 Å². The molecule has 0 spiro atoms. The minimum atomic E-state index is -4.42. The van der Waals surface area contributed by atoms with Gasteiger partial charge < -0.3 is 10.4 Å². The van der Waals surface area contributed by atoms with E-state index in [1.54, 1.807) is 0 Å². The molecule has 1 aromatic carbocycles. The fourth-order valence-electron chi connectivity index (χ4n) is 1.52. The third-order valence-electron chi connectivity index (χ3n) is 2.47. The first-order valence-corrected chi connectivity index (χ1v) is 5.50. The van der Waals surface area contributed by atoms with E-state index in [4.69, 9.17) is 5.11 Å². The Morgan fingerprint density at radius 3 is 2.50 bits per heavy atom. The third kappa shape index (κ3) is 3.25. The minimum absolute atomic E-state index is 0.000378.